The lowest BCUT2D eigenvalue weighted by Gasteiger charge is -2.22. The van der Waals surface area contributed by atoms with Gasteiger partial charge in [-0.1, -0.05) is 29.3 Å². The van der Waals surface area contributed by atoms with Crippen LogP contribution in [0.25, 0.3) is 0 Å². The van der Waals surface area contributed by atoms with Gasteiger partial charge in [-0.15, -0.1) is 0 Å². The summed E-state index contributed by atoms with van der Waals surface area (Å²) in [5, 5.41) is -0.0300. The summed E-state index contributed by atoms with van der Waals surface area (Å²) in [5.74, 6) is -0.662. The van der Waals surface area contributed by atoms with Gasteiger partial charge in [-0.2, -0.15) is 4.31 Å². The molecule has 1 aromatic rings. The van der Waals surface area contributed by atoms with E-state index < -0.39 is 22.5 Å². The third kappa shape index (κ3) is 4.82. The highest BCUT2D eigenvalue weighted by molar-refractivity contribution is 7.89. The SMILES string of the molecule is CCOC(=O)CN(CCOC)S(=O)(=O)c1c(Cl)cccc1Cl. The summed E-state index contributed by atoms with van der Waals surface area (Å²) in [4.78, 5) is 11.4. The zero-order valence-electron chi connectivity index (χ0n) is 12.2. The average molecular weight is 370 g/mol. The van der Waals surface area contributed by atoms with E-state index in [-0.39, 0.29) is 34.7 Å². The van der Waals surface area contributed by atoms with Crippen LogP contribution in [0.3, 0.4) is 0 Å². The minimum absolute atomic E-state index is 0.0150. The predicted octanol–water partition coefficient (Wildman–Crippen LogP) is 2.19. The minimum atomic E-state index is -4.06. The van der Waals surface area contributed by atoms with E-state index in [1.165, 1.54) is 25.3 Å². The molecule has 0 spiro atoms. The normalized spacial score (nSPS) is 11.7. The lowest BCUT2D eigenvalue weighted by Crippen LogP contribution is -2.38. The number of nitrogens with zero attached hydrogens (tertiary/aromatic N) is 1. The molecule has 0 radical (unpaired) electrons. The number of carbonyl (C=O) groups is 1. The Morgan fingerprint density at radius 1 is 1.27 bits per heavy atom. The number of hydrogen-bond acceptors (Lipinski definition) is 5. The van der Waals surface area contributed by atoms with Crippen LogP contribution in [0.15, 0.2) is 23.1 Å². The summed E-state index contributed by atoms with van der Waals surface area (Å²) >= 11 is 11.9. The highest BCUT2D eigenvalue weighted by Crippen LogP contribution is 2.31. The van der Waals surface area contributed by atoms with Crippen molar-refractivity contribution in [3.05, 3.63) is 28.2 Å². The Morgan fingerprint density at radius 3 is 2.36 bits per heavy atom. The second-order valence-corrected chi connectivity index (χ2v) is 6.88. The molecule has 0 aliphatic carbocycles. The Bertz CT molecular complexity index is 601. The van der Waals surface area contributed by atoms with Crippen molar-refractivity contribution < 1.29 is 22.7 Å². The van der Waals surface area contributed by atoms with Crippen LogP contribution in [0.5, 0.6) is 0 Å². The summed E-state index contributed by atoms with van der Waals surface area (Å²) < 4.78 is 36.0. The van der Waals surface area contributed by atoms with E-state index in [2.05, 4.69) is 0 Å². The Balaban J connectivity index is 3.18. The molecule has 9 heteroatoms. The maximum atomic E-state index is 12.7. The molecule has 124 valence electrons. The van der Waals surface area contributed by atoms with Gasteiger partial charge in [0.2, 0.25) is 10.0 Å². The molecule has 1 rings (SSSR count). The Morgan fingerprint density at radius 2 is 1.86 bits per heavy atom. The van der Waals surface area contributed by atoms with Crippen molar-refractivity contribution in [3.63, 3.8) is 0 Å². The second kappa shape index (κ2) is 8.69. The second-order valence-electron chi connectivity index (χ2n) is 4.19. The van der Waals surface area contributed by atoms with Crippen LogP contribution in [-0.4, -0.2) is 52.1 Å². The summed E-state index contributed by atoms with van der Waals surface area (Å²) in [5.41, 5.74) is 0. The van der Waals surface area contributed by atoms with Crippen LogP contribution in [0.2, 0.25) is 10.0 Å². The van der Waals surface area contributed by atoms with Gasteiger partial charge in [-0.05, 0) is 19.1 Å². The zero-order valence-corrected chi connectivity index (χ0v) is 14.5. The highest BCUT2D eigenvalue weighted by atomic mass is 35.5. The van der Waals surface area contributed by atoms with Crippen LogP contribution in [-0.2, 0) is 24.3 Å². The molecule has 0 unspecified atom stereocenters. The summed E-state index contributed by atoms with van der Waals surface area (Å²) in [6, 6.07) is 4.37. The van der Waals surface area contributed by atoms with Crippen molar-refractivity contribution in [1.29, 1.82) is 0 Å². The lowest BCUT2D eigenvalue weighted by molar-refractivity contribution is -0.143. The van der Waals surface area contributed by atoms with Crippen molar-refractivity contribution in [1.82, 2.24) is 4.31 Å². The van der Waals surface area contributed by atoms with Crippen molar-refractivity contribution >= 4 is 39.2 Å². The molecule has 0 N–H and O–H groups in total. The van der Waals surface area contributed by atoms with Gasteiger partial charge in [0.15, 0.2) is 0 Å². The molecule has 0 aliphatic heterocycles. The van der Waals surface area contributed by atoms with Crippen LogP contribution in [0.4, 0.5) is 0 Å². The average Bonchev–Trinajstić information content (AvgIpc) is 2.43. The number of hydrogen-bond donors (Lipinski definition) is 0. The van der Waals surface area contributed by atoms with Gasteiger partial charge in [0.05, 0.1) is 23.3 Å². The van der Waals surface area contributed by atoms with Crippen LogP contribution < -0.4 is 0 Å². The molecule has 0 heterocycles. The van der Waals surface area contributed by atoms with Gasteiger partial charge >= 0.3 is 5.97 Å². The van der Waals surface area contributed by atoms with Crippen molar-refractivity contribution in [3.8, 4) is 0 Å². The van der Waals surface area contributed by atoms with Crippen LogP contribution >= 0.6 is 23.2 Å². The number of methoxy groups -OCH3 is 1. The number of benzene rings is 1. The quantitative estimate of drug-likeness (QED) is 0.656. The molecule has 0 saturated carbocycles. The molecule has 0 aromatic heterocycles. The fourth-order valence-corrected chi connectivity index (χ4v) is 4.15. The first-order valence-electron chi connectivity index (χ1n) is 6.43. The molecule has 1 aromatic carbocycles. The van der Waals surface area contributed by atoms with Gasteiger partial charge in [-0.25, -0.2) is 8.42 Å². The zero-order chi connectivity index (χ0) is 16.8. The summed E-state index contributed by atoms with van der Waals surface area (Å²) in [7, 11) is -2.63. The maximum absolute atomic E-state index is 12.7. The van der Waals surface area contributed by atoms with E-state index in [4.69, 9.17) is 32.7 Å². The molecule has 6 nitrogen and oxygen atoms in total. The van der Waals surface area contributed by atoms with Crippen LogP contribution in [0.1, 0.15) is 6.92 Å². The molecule has 0 fully saturated rings. The summed E-state index contributed by atoms with van der Waals surface area (Å²) in [6.07, 6.45) is 0. The fourth-order valence-electron chi connectivity index (χ4n) is 1.69. The molecule has 0 amide bonds. The molecular formula is C13H17Cl2NO5S. The minimum Gasteiger partial charge on any atom is -0.465 e. The Kier molecular flexibility index (Phi) is 7.58. The van der Waals surface area contributed by atoms with Crippen LogP contribution in [0, 0.1) is 0 Å². The van der Waals surface area contributed by atoms with Crippen molar-refractivity contribution in [2.24, 2.45) is 0 Å². The number of sulfonamides is 1. The summed E-state index contributed by atoms with van der Waals surface area (Å²) in [6.45, 7) is 1.43. The van der Waals surface area contributed by atoms with Gasteiger partial charge in [-0.3, -0.25) is 4.79 Å². The standard InChI is InChI=1S/C13H17Cl2NO5S/c1-3-21-12(17)9-16(7-8-20-2)22(18,19)13-10(14)5-4-6-11(13)15/h4-6H,3,7-9H2,1-2H3. The number of carbonyl (C=O) groups excluding carboxylic acids is 1. The number of rotatable bonds is 8. The predicted molar refractivity (Wildman–Crippen MR) is 83.7 cm³/mol. The molecular weight excluding hydrogens is 353 g/mol. The smallest absolute Gasteiger partial charge is 0.321 e. The van der Waals surface area contributed by atoms with E-state index in [1.807, 2.05) is 0 Å². The number of esters is 1. The molecule has 0 aliphatic rings. The van der Waals surface area contributed by atoms with Gasteiger partial charge in [0, 0.05) is 13.7 Å². The fraction of sp³-hybridized carbons (Fsp3) is 0.462. The molecule has 0 saturated heterocycles. The lowest BCUT2D eigenvalue weighted by atomic mass is 10.4. The molecule has 0 atom stereocenters. The Hall–Kier alpha value is -0.860. The maximum Gasteiger partial charge on any atom is 0.321 e. The van der Waals surface area contributed by atoms with Gasteiger partial charge in [0.1, 0.15) is 11.4 Å². The van der Waals surface area contributed by atoms with E-state index in [0.717, 1.165) is 4.31 Å². The first-order chi connectivity index (χ1) is 10.3. The first kappa shape index (κ1) is 19.2. The third-order valence-corrected chi connectivity index (χ3v) is 5.47. The Labute approximate surface area is 140 Å². The highest BCUT2D eigenvalue weighted by Gasteiger charge is 2.30. The topological polar surface area (TPSA) is 72.9 Å². The van der Waals surface area contributed by atoms with E-state index >= 15 is 0 Å². The third-order valence-electron chi connectivity index (χ3n) is 2.67. The number of halogens is 2. The molecule has 22 heavy (non-hydrogen) atoms. The largest absolute Gasteiger partial charge is 0.465 e. The van der Waals surface area contributed by atoms with Gasteiger partial charge < -0.3 is 9.47 Å². The van der Waals surface area contributed by atoms with Crippen molar-refractivity contribution in [2.75, 3.05) is 33.4 Å². The monoisotopic (exact) mass is 369 g/mol. The first-order valence-corrected chi connectivity index (χ1v) is 8.62. The van der Waals surface area contributed by atoms with E-state index in [9.17, 15) is 13.2 Å². The molecule has 0 bridgehead atoms. The van der Waals surface area contributed by atoms with E-state index in [0.29, 0.717) is 0 Å². The van der Waals surface area contributed by atoms with E-state index in [1.54, 1.807) is 6.92 Å². The van der Waals surface area contributed by atoms with Crippen molar-refractivity contribution in [2.45, 2.75) is 11.8 Å². The van der Waals surface area contributed by atoms with Gasteiger partial charge in [0.25, 0.3) is 0 Å². The number of ether oxygens (including phenoxy) is 2.